The van der Waals surface area contributed by atoms with Gasteiger partial charge in [0.15, 0.2) is 5.58 Å². The number of amides is 1. The van der Waals surface area contributed by atoms with Crippen molar-refractivity contribution in [2.75, 3.05) is 12.9 Å². The summed E-state index contributed by atoms with van der Waals surface area (Å²) in [7, 11) is 1.36. The summed E-state index contributed by atoms with van der Waals surface area (Å²) in [5.41, 5.74) is 0.573. The number of esters is 1. The molecule has 1 aliphatic carbocycles. The van der Waals surface area contributed by atoms with Gasteiger partial charge >= 0.3 is 5.97 Å². The molecule has 0 aliphatic heterocycles. The molecule has 24 heavy (non-hydrogen) atoms. The van der Waals surface area contributed by atoms with Crippen molar-refractivity contribution >= 4 is 34.7 Å². The van der Waals surface area contributed by atoms with Gasteiger partial charge in [0.25, 0.3) is 5.22 Å². The number of nitrogens with zero attached hydrogens (tertiary/aromatic N) is 1. The second-order valence-electron chi connectivity index (χ2n) is 5.92. The standard InChI is InChI=1S/C17H20N2O4S/c1-22-15(21)17(9-5-2-6-10-17)19-14(20)11-24-16-18-12-7-3-4-8-13(12)23-16/h3-4,7-8H,2,5-6,9-11H2,1H3,(H,19,20). The van der Waals surface area contributed by atoms with Crippen molar-refractivity contribution in [2.45, 2.75) is 42.9 Å². The van der Waals surface area contributed by atoms with Crippen molar-refractivity contribution in [3.8, 4) is 0 Å². The summed E-state index contributed by atoms with van der Waals surface area (Å²) in [6.45, 7) is 0. The number of hydrogen-bond donors (Lipinski definition) is 1. The molecule has 0 atom stereocenters. The molecule has 0 unspecified atom stereocenters. The van der Waals surface area contributed by atoms with Crippen molar-refractivity contribution in [3.63, 3.8) is 0 Å². The van der Waals surface area contributed by atoms with Gasteiger partial charge in [0.2, 0.25) is 5.91 Å². The predicted molar refractivity (Wildman–Crippen MR) is 90.7 cm³/mol. The Labute approximate surface area is 144 Å². The number of hydrogen-bond acceptors (Lipinski definition) is 6. The van der Waals surface area contributed by atoms with Crippen LogP contribution < -0.4 is 5.32 Å². The fourth-order valence-electron chi connectivity index (χ4n) is 3.07. The van der Waals surface area contributed by atoms with Crippen LogP contribution >= 0.6 is 11.8 Å². The number of rotatable bonds is 5. The molecule has 0 radical (unpaired) electrons. The molecule has 1 fully saturated rings. The minimum atomic E-state index is -0.883. The van der Waals surface area contributed by atoms with Gasteiger partial charge in [-0.2, -0.15) is 0 Å². The van der Waals surface area contributed by atoms with Gasteiger partial charge in [-0.3, -0.25) is 4.79 Å². The van der Waals surface area contributed by atoms with E-state index >= 15 is 0 Å². The van der Waals surface area contributed by atoms with E-state index in [0.717, 1.165) is 24.8 Å². The third-order valence-electron chi connectivity index (χ3n) is 4.26. The van der Waals surface area contributed by atoms with E-state index in [2.05, 4.69) is 10.3 Å². The molecule has 1 aromatic carbocycles. The van der Waals surface area contributed by atoms with E-state index < -0.39 is 5.54 Å². The Bertz CT molecular complexity index is 704. The number of thioether (sulfide) groups is 1. The first-order valence-corrected chi connectivity index (χ1v) is 8.99. The van der Waals surface area contributed by atoms with Crippen LogP contribution in [0.15, 0.2) is 33.9 Å². The molecule has 7 heteroatoms. The summed E-state index contributed by atoms with van der Waals surface area (Å²) in [5.74, 6) is -0.428. The van der Waals surface area contributed by atoms with Crippen molar-refractivity contribution in [1.82, 2.24) is 10.3 Å². The lowest BCUT2D eigenvalue weighted by Gasteiger charge is -2.35. The zero-order valence-corrected chi connectivity index (χ0v) is 14.4. The smallest absolute Gasteiger partial charge is 0.331 e. The average molecular weight is 348 g/mol. The third-order valence-corrected chi connectivity index (χ3v) is 5.09. The molecule has 128 valence electrons. The lowest BCUT2D eigenvalue weighted by atomic mass is 9.81. The number of carbonyl (C=O) groups is 2. The van der Waals surface area contributed by atoms with E-state index in [-0.39, 0.29) is 17.6 Å². The number of ether oxygens (including phenoxy) is 1. The Morgan fingerprint density at radius 1 is 1.29 bits per heavy atom. The van der Waals surface area contributed by atoms with Crippen molar-refractivity contribution in [1.29, 1.82) is 0 Å². The normalized spacial score (nSPS) is 16.7. The zero-order valence-electron chi connectivity index (χ0n) is 13.5. The molecule has 1 aromatic heterocycles. The minimum Gasteiger partial charge on any atom is -0.467 e. The summed E-state index contributed by atoms with van der Waals surface area (Å²) in [6.07, 6.45) is 4.14. The monoisotopic (exact) mass is 348 g/mol. The van der Waals surface area contributed by atoms with Gasteiger partial charge in [0, 0.05) is 0 Å². The zero-order chi connectivity index (χ0) is 17.0. The van der Waals surface area contributed by atoms with Crippen LogP contribution in [-0.4, -0.2) is 35.3 Å². The number of para-hydroxylation sites is 2. The molecular weight excluding hydrogens is 328 g/mol. The van der Waals surface area contributed by atoms with Gasteiger partial charge in [-0.15, -0.1) is 0 Å². The first-order chi connectivity index (χ1) is 11.6. The molecule has 1 aliphatic rings. The first-order valence-electron chi connectivity index (χ1n) is 8.01. The van der Waals surface area contributed by atoms with Gasteiger partial charge in [-0.1, -0.05) is 43.2 Å². The van der Waals surface area contributed by atoms with Crippen LogP contribution in [-0.2, 0) is 14.3 Å². The third kappa shape index (κ3) is 3.56. The molecule has 0 saturated heterocycles. The first kappa shape index (κ1) is 16.8. The minimum absolute atomic E-state index is 0.144. The number of aromatic nitrogens is 1. The molecule has 0 spiro atoms. The van der Waals surface area contributed by atoms with Crippen molar-refractivity contribution < 1.29 is 18.7 Å². The highest BCUT2D eigenvalue weighted by molar-refractivity contribution is 7.99. The Kier molecular flexibility index (Phi) is 5.08. The molecule has 1 amide bonds. The number of benzene rings is 1. The second kappa shape index (κ2) is 7.25. The molecule has 3 rings (SSSR count). The van der Waals surface area contributed by atoms with Crippen LogP contribution in [0.5, 0.6) is 0 Å². The summed E-state index contributed by atoms with van der Waals surface area (Å²) < 4.78 is 10.5. The van der Waals surface area contributed by atoms with Gasteiger partial charge in [-0.05, 0) is 25.0 Å². The molecule has 2 aromatic rings. The Hall–Kier alpha value is -2.02. The predicted octanol–water partition coefficient (Wildman–Crippen LogP) is 2.91. The molecule has 0 bridgehead atoms. The van der Waals surface area contributed by atoms with E-state index in [9.17, 15) is 9.59 Å². The average Bonchev–Trinajstić information content (AvgIpc) is 3.03. The molecule has 1 saturated carbocycles. The topological polar surface area (TPSA) is 81.4 Å². The van der Waals surface area contributed by atoms with Crippen LogP contribution in [0.3, 0.4) is 0 Å². The van der Waals surface area contributed by atoms with Gasteiger partial charge in [0.05, 0.1) is 12.9 Å². The SMILES string of the molecule is COC(=O)C1(NC(=O)CSc2nc3ccccc3o2)CCCCC1. The maximum atomic E-state index is 12.3. The van der Waals surface area contributed by atoms with Crippen molar-refractivity contribution in [3.05, 3.63) is 24.3 Å². The molecule has 6 nitrogen and oxygen atoms in total. The van der Waals surface area contributed by atoms with Crippen LogP contribution in [0.25, 0.3) is 11.1 Å². The van der Waals surface area contributed by atoms with E-state index in [0.29, 0.717) is 23.6 Å². The summed E-state index contributed by atoms with van der Waals surface area (Å²) >= 11 is 1.22. The fraction of sp³-hybridized carbons (Fsp3) is 0.471. The highest BCUT2D eigenvalue weighted by atomic mass is 32.2. The maximum absolute atomic E-state index is 12.3. The van der Waals surface area contributed by atoms with Gasteiger partial charge in [-0.25, -0.2) is 9.78 Å². The Morgan fingerprint density at radius 3 is 2.75 bits per heavy atom. The molecule has 1 heterocycles. The summed E-state index contributed by atoms with van der Waals surface area (Å²) in [5, 5.41) is 3.33. The van der Waals surface area contributed by atoms with E-state index in [1.807, 2.05) is 24.3 Å². The Balaban J connectivity index is 1.62. The van der Waals surface area contributed by atoms with Crippen LogP contribution in [0.4, 0.5) is 0 Å². The summed E-state index contributed by atoms with van der Waals surface area (Å²) in [6, 6.07) is 7.45. The Morgan fingerprint density at radius 2 is 2.04 bits per heavy atom. The van der Waals surface area contributed by atoms with Crippen LogP contribution in [0, 0.1) is 0 Å². The highest BCUT2D eigenvalue weighted by Crippen LogP contribution is 2.30. The number of methoxy groups -OCH3 is 1. The summed E-state index contributed by atoms with van der Waals surface area (Å²) in [4.78, 5) is 28.8. The van der Waals surface area contributed by atoms with E-state index in [1.165, 1.54) is 18.9 Å². The number of oxazole rings is 1. The molecular formula is C17H20N2O4S. The second-order valence-corrected chi connectivity index (χ2v) is 6.85. The number of carbonyl (C=O) groups excluding carboxylic acids is 2. The number of fused-ring (bicyclic) bond motifs is 1. The largest absolute Gasteiger partial charge is 0.467 e. The number of nitrogens with one attached hydrogen (secondary N) is 1. The fourth-order valence-corrected chi connectivity index (χ4v) is 3.71. The van der Waals surface area contributed by atoms with E-state index in [1.54, 1.807) is 0 Å². The molecule has 1 N–H and O–H groups in total. The maximum Gasteiger partial charge on any atom is 0.331 e. The van der Waals surface area contributed by atoms with E-state index in [4.69, 9.17) is 9.15 Å². The van der Waals surface area contributed by atoms with Gasteiger partial charge < -0.3 is 14.5 Å². The highest BCUT2D eigenvalue weighted by Gasteiger charge is 2.41. The van der Waals surface area contributed by atoms with Crippen molar-refractivity contribution in [2.24, 2.45) is 0 Å². The van der Waals surface area contributed by atoms with Gasteiger partial charge in [0.1, 0.15) is 11.1 Å². The quantitative estimate of drug-likeness (QED) is 0.661. The lowest BCUT2D eigenvalue weighted by molar-refractivity contribution is -0.152. The van der Waals surface area contributed by atoms with Crippen LogP contribution in [0.1, 0.15) is 32.1 Å². The van der Waals surface area contributed by atoms with Crippen LogP contribution in [0.2, 0.25) is 0 Å². The lowest BCUT2D eigenvalue weighted by Crippen LogP contribution is -2.56.